The number of aliphatic hydroxyl groups is 1. The summed E-state index contributed by atoms with van der Waals surface area (Å²) in [6, 6.07) is 21.9. The van der Waals surface area contributed by atoms with Crippen LogP contribution in [-0.2, 0) is 11.4 Å². The number of hydrogen-bond acceptors (Lipinski definition) is 6. The summed E-state index contributed by atoms with van der Waals surface area (Å²) in [5.74, 6) is -0.150. The van der Waals surface area contributed by atoms with Crippen molar-refractivity contribution in [3.63, 3.8) is 0 Å². The Morgan fingerprint density at radius 2 is 1.73 bits per heavy atom. The second kappa shape index (κ2) is 10.0. The molecule has 3 aromatic rings. The number of aliphatic hydroxyl groups excluding tert-OH is 1. The molecular weight excluding hydrogens is 402 g/mol. The van der Waals surface area contributed by atoms with Gasteiger partial charge in [-0.1, -0.05) is 48.5 Å². The van der Waals surface area contributed by atoms with Crippen LogP contribution in [0.4, 0.5) is 5.69 Å². The lowest BCUT2D eigenvalue weighted by Crippen LogP contribution is -2.26. The van der Waals surface area contributed by atoms with E-state index < -0.39 is 17.3 Å². The molecule has 3 aromatic carbocycles. The molecule has 7 heteroatoms. The molecule has 0 heterocycles. The zero-order valence-electron chi connectivity index (χ0n) is 16.4. The van der Waals surface area contributed by atoms with Crippen molar-refractivity contribution >= 4 is 23.4 Å². The summed E-state index contributed by atoms with van der Waals surface area (Å²) < 4.78 is 11.1. The van der Waals surface area contributed by atoms with Gasteiger partial charge in [-0.15, -0.1) is 11.8 Å². The van der Waals surface area contributed by atoms with Crippen LogP contribution in [-0.4, -0.2) is 29.4 Å². The first-order chi connectivity index (χ1) is 14.5. The Balaban J connectivity index is 1.90. The Morgan fingerprint density at radius 3 is 2.37 bits per heavy atom. The minimum absolute atomic E-state index is 0.340. The molecule has 6 nitrogen and oxygen atoms in total. The van der Waals surface area contributed by atoms with Gasteiger partial charge in [0.1, 0.15) is 18.1 Å². The fourth-order valence-corrected chi connectivity index (χ4v) is 4.11. The quantitative estimate of drug-likeness (QED) is 0.350. The van der Waals surface area contributed by atoms with E-state index in [2.05, 4.69) is 0 Å². The SMILES string of the molecule is COc1ccc(C(Sc2c(N)cccc2OCc2ccccc2)C(O)C(=O)O)cc1. The topological polar surface area (TPSA) is 102 Å². The molecule has 0 bridgehead atoms. The second-order valence-corrected chi connectivity index (χ2v) is 7.70. The smallest absolute Gasteiger partial charge is 0.334 e. The molecule has 0 fully saturated rings. The second-order valence-electron chi connectivity index (χ2n) is 6.54. The maximum atomic E-state index is 11.6. The summed E-state index contributed by atoms with van der Waals surface area (Å²) in [4.78, 5) is 12.1. The van der Waals surface area contributed by atoms with Crippen LogP contribution in [0, 0.1) is 0 Å². The number of ether oxygens (including phenoxy) is 2. The van der Waals surface area contributed by atoms with E-state index in [1.54, 1.807) is 49.6 Å². The molecule has 0 radical (unpaired) electrons. The van der Waals surface area contributed by atoms with Gasteiger partial charge in [0, 0.05) is 5.69 Å². The number of carboxylic acid groups (broad SMARTS) is 1. The Labute approximate surface area is 179 Å². The molecule has 0 spiro atoms. The van der Waals surface area contributed by atoms with E-state index in [9.17, 15) is 15.0 Å². The molecule has 0 aliphatic heterocycles. The van der Waals surface area contributed by atoms with Crippen LogP contribution in [0.5, 0.6) is 11.5 Å². The van der Waals surface area contributed by atoms with Gasteiger partial charge >= 0.3 is 5.97 Å². The van der Waals surface area contributed by atoms with Crippen molar-refractivity contribution in [3.05, 3.63) is 83.9 Å². The van der Waals surface area contributed by atoms with E-state index in [1.165, 1.54) is 0 Å². The number of anilines is 1. The van der Waals surface area contributed by atoms with Crippen molar-refractivity contribution in [3.8, 4) is 11.5 Å². The van der Waals surface area contributed by atoms with Crippen LogP contribution in [0.1, 0.15) is 16.4 Å². The Hall–Kier alpha value is -3.16. The maximum Gasteiger partial charge on any atom is 0.334 e. The van der Waals surface area contributed by atoms with Crippen LogP contribution in [0.3, 0.4) is 0 Å². The standard InChI is InChI=1S/C23H23NO5S/c1-28-17-12-10-16(11-13-17)21(20(25)23(26)27)30-22-18(24)8-5-9-19(22)29-14-15-6-3-2-4-7-15/h2-13,20-21,25H,14,24H2,1H3,(H,26,27). The third-order valence-electron chi connectivity index (χ3n) is 4.48. The van der Waals surface area contributed by atoms with Gasteiger partial charge in [-0.2, -0.15) is 0 Å². The van der Waals surface area contributed by atoms with Crippen LogP contribution < -0.4 is 15.2 Å². The van der Waals surface area contributed by atoms with Crippen molar-refractivity contribution in [1.82, 2.24) is 0 Å². The highest BCUT2D eigenvalue weighted by Crippen LogP contribution is 2.45. The number of benzene rings is 3. The molecule has 0 amide bonds. The third-order valence-corrected chi connectivity index (χ3v) is 5.93. The fourth-order valence-electron chi connectivity index (χ4n) is 2.87. The molecule has 2 atom stereocenters. The summed E-state index contributed by atoms with van der Waals surface area (Å²) in [6.45, 7) is 0.340. The van der Waals surface area contributed by atoms with E-state index in [1.807, 2.05) is 30.3 Å². The predicted molar refractivity (Wildman–Crippen MR) is 117 cm³/mol. The highest BCUT2D eigenvalue weighted by atomic mass is 32.2. The summed E-state index contributed by atoms with van der Waals surface area (Å²) in [5, 5.41) is 19.0. The van der Waals surface area contributed by atoms with Crippen LogP contribution in [0.15, 0.2) is 77.7 Å². The van der Waals surface area contributed by atoms with E-state index in [-0.39, 0.29) is 0 Å². The van der Waals surface area contributed by atoms with Gasteiger partial charge in [0.25, 0.3) is 0 Å². The molecule has 0 saturated heterocycles. The first kappa shape index (κ1) is 21.5. The minimum Gasteiger partial charge on any atom is -0.497 e. The number of nitrogen functional groups attached to an aromatic ring is 1. The number of rotatable bonds is 9. The lowest BCUT2D eigenvalue weighted by Gasteiger charge is -2.22. The van der Waals surface area contributed by atoms with E-state index in [0.29, 0.717) is 34.3 Å². The first-order valence-corrected chi connectivity index (χ1v) is 10.1. The monoisotopic (exact) mass is 425 g/mol. The molecular formula is C23H23NO5S. The first-order valence-electron chi connectivity index (χ1n) is 9.26. The Morgan fingerprint density at radius 1 is 1.03 bits per heavy atom. The van der Waals surface area contributed by atoms with Gasteiger partial charge in [-0.3, -0.25) is 0 Å². The summed E-state index contributed by atoms with van der Waals surface area (Å²) in [7, 11) is 1.55. The molecule has 0 aliphatic rings. The molecule has 2 unspecified atom stereocenters. The lowest BCUT2D eigenvalue weighted by molar-refractivity contribution is -0.146. The molecule has 0 aliphatic carbocycles. The molecule has 3 rings (SSSR count). The molecule has 0 saturated carbocycles. The van der Waals surface area contributed by atoms with Gasteiger partial charge in [0.2, 0.25) is 0 Å². The van der Waals surface area contributed by atoms with Gasteiger partial charge < -0.3 is 25.4 Å². The number of thioether (sulfide) groups is 1. The highest BCUT2D eigenvalue weighted by molar-refractivity contribution is 7.99. The number of methoxy groups -OCH3 is 1. The van der Waals surface area contributed by atoms with E-state index in [4.69, 9.17) is 15.2 Å². The fraction of sp³-hybridized carbons (Fsp3) is 0.174. The lowest BCUT2D eigenvalue weighted by atomic mass is 10.1. The predicted octanol–water partition coefficient (Wildman–Crippen LogP) is 4.14. The zero-order valence-corrected chi connectivity index (χ0v) is 17.2. The number of hydrogen-bond donors (Lipinski definition) is 3. The minimum atomic E-state index is -1.63. The van der Waals surface area contributed by atoms with Crippen LogP contribution >= 0.6 is 11.8 Å². The van der Waals surface area contributed by atoms with Crippen molar-refractivity contribution in [2.45, 2.75) is 22.9 Å². The molecule has 4 N–H and O–H groups in total. The summed E-state index contributed by atoms with van der Waals surface area (Å²) >= 11 is 1.16. The number of nitrogens with two attached hydrogens (primary N) is 1. The summed E-state index contributed by atoms with van der Waals surface area (Å²) in [6.07, 6.45) is -1.63. The average molecular weight is 426 g/mol. The largest absolute Gasteiger partial charge is 0.497 e. The third kappa shape index (κ3) is 5.25. The Bertz CT molecular complexity index is 979. The number of carboxylic acids is 1. The van der Waals surface area contributed by atoms with Crippen molar-refractivity contribution < 1.29 is 24.5 Å². The van der Waals surface area contributed by atoms with Crippen molar-refractivity contribution in [2.75, 3.05) is 12.8 Å². The van der Waals surface area contributed by atoms with Gasteiger partial charge in [0.05, 0.1) is 17.3 Å². The maximum absolute atomic E-state index is 11.6. The molecule has 30 heavy (non-hydrogen) atoms. The highest BCUT2D eigenvalue weighted by Gasteiger charge is 2.30. The van der Waals surface area contributed by atoms with E-state index >= 15 is 0 Å². The van der Waals surface area contributed by atoms with Crippen LogP contribution in [0.25, 0.3) is 0 Å². The average Bonchev–Trinajstić information content (AvgIpc) is 2.77. The summed E-state index contributed by atoms with van der Waals surface area (Å²) in [5.41, 5.74) is 8.26. The van der Waals surface area contributed by atoms with Crippen molar-refractivity contribution in [1.29, 1.82) is 0 Å². The van der Waals surface area contributed by atoms with E-state index in [0.717, 1.165) is 17.3 Å². The molecule has 0 aromatic heterocycles. The number of aliphatic carboxylic acids is 1. The van der Waals surface area contributed by atoms with Crippen molar-refractivity contribution in [2.24, 2.45) is 0 Å². The normalized spacial score (nSPS) is 12.7. The zero-order chi connectivity index (χ0) is 21.5. The van der Waals surface area contributed by atoms with Crippen LogP contribution in [0.2, 0.25) is 0 Å². The Kier molecular flexibility index (Phi) is 7.21. The van der Waals surface area contributed by atoms with Gasteiger partial charge in [0.15, 0.2) is 6.10 Å². The van der Waals surface area contributed by atoms with Gasteiger partial charge in [-0.05, 0) is 35.4 Å². The van der Waals surface area contributed by atoms with Gasteiger partial charge in [-0.25, -0.2) is 4.79 Å². The number of carbonyl (C=O) groups is 1. The molecule has 156 valence electrons.